The summed E-state index contributed by atoms with van der Waals surface area (Å²) in [6, 6.07) is 3.88. The van der Waals surface area contributed by atoms with E-state index in [0.717, 1.165) is 6.42 Å². The van der Waals surface area contributed by atoms with Crippen molar-refractivity contribution < 1.29 is 9.90 Å². The van der Waals surface area contributed by atoms with Gasteiger partial charge in [-0.1, -0.05) is 6.07 Å². The van der Waals surface area contributed by atoms with E-state index in [1.807, 2.05) is 30.3 Å². The summed E-state index contributed by atoms with van der Waals surface area (Å²) in [6.07, 6.45) is 0.875. The molecule has 2 N–H and O–H groups in total. The number of hydrogen-bond donors (Lipinski definition) is 2. The summed E-state index contributed by atoms with van der Waals surface area (Å²) >= 11 is 1.70. The van der Waals surface area contributed by atoms with Crippen molar-refractivity contribution >= 4 is 17.2 Å². The first-order valence-corrected chi connectivity index (χ1v) is 6.64. The molecule has 0 saturated heterocycles. The molecular weight excluding hydrogens is 236 g/mol. The third-order valence-electron chi connectivity index (χ3n) is 2.74. The lowest BCUT2D eigenvalue weighted by Gasteiger charge is -2.22. The summed E-state index contributed by atoms with van der Waals surface area (Å²) in [4.78, 5) is 14.9. The number of amides is 1. The fraction of sp³-hybridized carbons (Fsp3) is 0.583. The standard InChI is InChI=1S/C12H20N2O2S/c1-10(14(2)7-8-15)12(16)13-6-5-11-4-3-9-17-11/h3-4,9-10,15H,5-8H2,1-2H3,(H,13,16). The first kappa shape index (κ1) is 14.2. The van der Waals surface area contributed by atoms with E-state index >= 15 is 0 Å². The van der Waals surface area contributed by atoms with Gasteiger partial charge in [-0.05, 0) is 31.8 Å². The zero-order chi connectivity index (χ0) is 12.7. The highest BCUT2D eigenvalue weighted by Gasteiger charge is 2.16. The van der Waals surface area contributed by atoms with Gasteiger partial charge in [0.25, 0.3) is 0 Å². The van der Waals surface area contributed by atoms with Crippen LogP contribution in [0.25, 0.3) is 0 Å². The number of carbonyl (C=O) groups is 1. The van der Waals surface area contributed by atoms with Crippen LogP contribution >= 0.6 is 11.3 Å². The van der Waals surface area contributed by atoms with Crippen LogP contribution in [-0.2, 0) is 11.2 Å². The Labute approximate surface area is 106 Å². The van der Waals surface area contributed by atoms with Gasteiger partial charge in [0.2, 0.25) is 5.91 Å². The van der Waals surface area contributed by atoms with Gasteiger partial charge in [-0.25, -0.2) is 0 Å². The van der Waals surface area contributed by atoms with Crippen molar-refractivity contribution in [2.24, 2.45) is 0 Å². The molecule has 0 fully saturated rings. The maximum absolute atomic E-state index is 11.8. The zero-order valence-corrected chi connectivity index (χ0v) is 11.2. The van der Waals surface area contributed by atoms with Crippen molar-refractivity contribution in [1.82, 2.24) is 10.2 Å². The van der Waals surface area contributed by atoms with E-state index in [0.29, 0.717) is 13.1 Å². The molecule has 1 atom stereocenters. The minimum absolute atomic E-state index is 0.0116. The Bertz CT molecular complexity index is 327. The number of carbonyl (C=O) groups excluding carboxylic acids is 1. The van der Waals surface area contributed by atoms with Gasteiger partial charge >= 0.3 is 0 Å². The molecule has 5 heteroatoms. The Morgan fingerprint density at radius 2 is 2.41 bits per heavy atom. The second-order valence-electron chi connectivity index (χ2n) is 4.00. The van der Waals surface area contributed by atoms with Crippen molar-refractivity contribution in [3.63, 3.8) is 0 Å². The van der Waals surface area contributed by atoms with Crippen LogP contribution < -0.4 is 5.32 Å². The number of aliphatic hydroxyl groups excluding tert-OH is 1. The predicted molar refractivity (Wildman–Crippen MR) is 70.2 cm³/mol. The molecule has 1 unspecified atom stereocenters. The molecule has 0 bridgehead atoms. The van der Waals surface area contributed by atoms with E-state index in [2.05, 4.69) is 11.4 Å². The predicted octanol–water partition coefficient (Wildman–Crippen LogP) is 0.719. The van der Waals surface area contributed by atoms with Gasteiger partial charge in [0.1, 0.15) is 0 Å². The second kappa shape index (κ2) is 7.42. The van der Waals surface area contributed by atoms with E-state index in [9.17, 15) is 4.79 Å². The minimum Gasteiger partial charge on any atom is -0.395 e. The Morgan fingerprint density at radius 1 is 1.65 bits per heavy atom. The lowest BCUT2D eigenvalue weighted by molar-refractivity contribution is -0.125. The number of likely N-dealkylation sites (N-methyl/N-ethyl adjacent to an activating group) is 1. The van der Waals surface area contributed by atoms with Gasteiger partial charge in [0, 0.05) is 18.0 Å². The van der Waals surface area contributed by atoms with Crippen LogP contribution in [0.2, 0.25) is 0 Å². The highest BCUT2D eigenvalue weighted by Crippen LogP contribution is 2.08. The van der Waals surface area contributed by atoms with Crippen molar-refractivity contribution in [3.8, 4) is 0 Å². The summed E-state index contributed by atoms with van der Waals surface area (Å²) in [5, 5.41) is 13.7. The summed E-state index contributed by atoms with van der Waals surface area (Å²) in [5.74, 6) is 0.0116. The van der Waals surface area contributed by atoms with Gasteiger partial charge in [-0.2, -0.15) is 0 Å². The highest BCUT2D eigenvalue weighted by molar-refractivity contribution is 7.09. The molecule has 0 aliphatic rings. The fourth-order valence-electron chi connectivity index (χ4n) is 1.46. The van der Waals surface area contributed by atoms with E-state index < -0.39 is 0 Å². The summed E-state index contributed by atoms with van der Waals surface area (Å²) in [7, 11) is 1.83. The number of hydrogen-bond acceptors (Lipinski definition) is 4. The van der Waals surface area contributed by atoms with Crippen LogP contribution in [0.5, 0.6) is 0 Å². The molecule has 0 aliphatic heterocycles. The van der Waals surface area contributed by atoms with Crippen LogP contribution in [-0.4, -0.2) is 48.7 Å². The molecule has 0 aliphatic carbocycles. The number of aliphatic hydroxyl groups is 1. The average molecular weight is 256 g/mol. The smallest absolute Gasteiger partial charge is 0.237 e. The quantitative estimate of drug-likeness (QED) is 0.756. The van der Waals surface area contributed by atoms with Crippen LogP contribution in [0.15, 0.2) is 17.5 Å². The van der Waals surface area contributed by atoms with Gasteiger partial charge < -0.3 is 10.4 Å². The van der Waals surface area contributed by atoms with Crippen molar-refractivity contribution in [3.05, 3.63) is 22.4 Å². The van der Waals surface area contributed by atoms with Crippen molar-refractivity contribution in [1.29, 1.82) is 0 Å². The Hall–Kier alpha value is -0.910. The largest absolute Gasteiger partial charge is 0.395 e. The first-order chi connectivity index (χ1) is 8.15. The summed E-state index contributed by atoms with van der Waals surface area (Å²) in [5.41, 5.74) is 0. The molecule has 96 valence electrons. The molecule has 4 nitrogen and oxygen atoms in total. The Kier molecular flexibility index (Phi) is 6.18. The molecule has 1 rings (SSSR count). The van der Waals surface area contributed by atoms with E-state index in [1.54, 1.807) is 11.3 Å². The summed E-state index contributed by atoms with van der Waals surface area (Å²) in [6.45, 7) is 3.09. The molecule has 0 spiro atoms. The van der Waals surface area contributed by atoms with E-state index in [-0.39, 0.29) is 18.6 Å². The average Bonchev–Trinajstić information content (AvgIpc) is 2.81. The van der Waals surface area contributed by atoms with Crippen molar-refractivity contribution in [2.45, 2.75) is 19.4 Å². The molecule has 1 heterocycles. The molecule has 1 aromatic heterocycles. The maximum Gasteiger partial charge on any atom is 0.237 e. The Morgan fingerprint density at radius 3 is 3.00 bits per heavy atom. The summed E-state index contributed by atoms with van der Waals surface area (Å²) < 4.78 is 0. The lowest BCUT2D eigenvalue weighted by atomic mass is 10.2. The molecular formula is C12H20N2O2S. The third-order valence-corrected chi connectivity index (χ3v) is 3.68. The monoisotopic (exact) mass is 256 g/mol. The lowest BCUT2D eigenvalue weighted by Crippen LogP contribution is -2.44. The number of nitrogens with one attached hydrogen (secondary N) is 1. The molecule has 1 aromatic rings. The van der Waals surface area contributed by atoms with E-state index in [4.69, 9.17) is 5.11 Å². The molecule has 0 radical (unpaired) electrons. The number of nitrogens with zero attached hydrogens (tertiary/aromatic N) is 1. The number of thiophene rings is 1. The highest BCUT2D eigenvalue weighted by atomic mass is 32.1. The zero-order valence-electron chi connectivity index (χ0n) is 10.3. The van der Waals surface area contributed by atoms with Crippen LogP contribution in [0.3, 0.4) is 0 Å². The Balaban J connectivity index is 2.24. The number of rotatable bonds is 7. The second-order valence-corrected chi connectivity index (χ2v) is 5.03. The molecule has 0 aromatic carbocycles. The van der Waals surface area contributed by atoms with Gasteiger partial charge in [-0.3, -0.25) is 9.69 Å². The molecule has 17 heavy (non-hydrogen) atoms. The van der Waals surface area contributed by atoms with Gasteiger partial charge in [0.15, 0.2) is 0 Å². The topological polar surface area (TPSA) is 52.6 Å². The SMILES string of the molecule is CC(C(=O)NCCc1cccs1)N(C)CCO. The van der Waals surface area contributed by atoms with Gasteiger partial charge in [0.05, 0.1) is 12.6 Å². The third kappa shape index (κ3) is 4.85. The van der Waals surface area contributed by atoms with E-state index in [1.165, 1.54) is 4.88 Å². The molecule has 0 saturated carbocycles. The van der Waals surface area contributed by atoms with Crippen molar-refractivity contribution in [2.75, 3.05) is 26.7 Å². The maximum atomic E-state index is 11.8. The minimum atomic E-state index is -0.203. The van der Waals surface area contributed by atoms with Crippen LogP contribution in [0.4, 0.5) is 0 Å². The van der Waals surface area contributed by atoms with Crippen LogP contribution in [0.1, 0.15) is 11.8 Å². The first-order valence-electron chi connectivity index (χ1n) is 5.76. The molecule has 1 amide bonds. The normalized spacial score (nSPS) is 12.7. The van der Waals surface area contributed by atoms with Crippen LogP contribution in [0, 0.1) is 0 Å². The van der Waals surface area contributed by atoms with Gasteiger partial charge in [-0.15, -0.1) is 11.3 Å². The fourth-order valence-corrected chi connectivity index (χ4v) is 2.17.